The molecule has 30 nitrogen and oxygen atoms in total. The molecule has 6 aromatic carbocycles. The van der Waals surface area contributed by atoms with Gasteiger partial charge in [-0.3, -0.25) is 23.7 Å². The van der Waals surface area contributed by atoms with Crippen molar-refractivity contribution < 1.29 is 133 Å². The Kier molecular flexibility index (Phi) is 52.4. The van der Waals surface area contributed by atoms with Gasteiger partial charge in [0.1, 0.15) is 5.69 Å². The van der Waals surface area contributed by atoms with Gasteiger partial charge in [-0.15, -0.1) is 0 Å². The fraction of sp³-hybridized carbons (Fsp3) is 0.309. The van der Waals surface area contributed by atoms with Crippen molar-refractivity contribution in [3.05, 3.63) is 237 Å². The van der Waals surface area contributed by atoms with Gasteiger partial charge >= 0.3 is 47.9 Å². The third-order valence-corrected chi connectivity index (χ3v) is 15.3. The van der Waals surface area contributed by atoms with E-state index in [4.69, 9.17) is 56.6 Å². The van der Waals surface area contributed by atoms with E-state index in [0.29, 0.717) is 96.7 Å². The van der Waals surface area contributed by atoms with E-state index in [1.807, 2.05) is 104 Å². The van der Waals surface area contributed by atoms with Crippen molar-refractivity contribution in [2.75, 3.05) is 71.1 Å². The van der Waals surface area contributed by atoms with Gasteiger partial charge in [-0.1, -0.05) is 125 Å². The van der Waals surface area contributed by atoms with Crippen molar-refractivity contribution >= 4 is 121 Å². The number of aliphatic hydroxyl groups excluding tert-OH is 1. The van der Waals surface area contributed by atoms with Gasteiger partial charge in [0.05, 0.1) is 80.4 Å². The number of aryl methyl sites for hydroxylation is 3. The van der Waals surface area contributed by atoms with Gasteiger partial charge in [-0.05, 0) is 115 Å². The van der Waals surface area contributed by atoms with Crippen LogP contribution in [-0.4, -0.2) is 163 Å². The van der Waals surface area contributed by atoms with Crippen molar-refractivity contribution in [3.63, 3.8) is 0 Å². The minimum atomic E-state index is -3.22. The van der Waals surface area contributed by atoms with E-state index < -0.39 is 58.6 Å². The predicted octanol–water partition coefficient (Wildman–Crippen LogP) is 12.4. The van der Waals surface area contributed by atoms with E-state index in [0.717, 1.165) is 74.2 Å². The Morgan fingerprint density at radius 2 is 0.807 bits per heavy atom. The minimum absolute atomic E-state index is 0. The molecule has 119 heavy (non-hydrogen) atoms. The van der Waals surface area contributed by atoms with Crippen LogP contribution in [-0.2, 0) is 123 Å². The number of hydrogen-bond acceptors (Lipinski definition) is 29. The molecule has 4 aromatic heterocycles. The van der Waals surface area contributed by atoms with Gasteiger partial charge in [-0.2, -0.15) is 0 Å². The summed E-state index contributed by atoms with van der Waals surface area (Å²) in [6.45, 7) is 10.6. The van der Waals surface area contributed by atoms with Gasteiger partial charge in [0.25, 0.3) is 0 Å². The maximum Gasteiger partial charge on any atom is 1.00 e. The minimum Gasteiger partial charge on any atom is -1.00 e. The van der Waals surface area contributed by atoms with Crippen molar-refractivity contribution in [2.24, 2.45) is 5.73 Å². The molecule has 1 amide bonds. The molecule has 0 saturated carbocycles. The SMILES string of the molecule is CC(=O)Cl.COCc1cccc(-c2oc(C)nc2C(=O)OC)c1.COCc1cccc(-c2oc(C)nc2CBr)c1.COCc1cccc(-c2oc(C)nc2CO)c1.COCc1cccc(-c2ocnc2C(=O)OC)c1.COCc1cccc(C(=O)C(N)C(=O)OC)c1.COCc1cccc(C(=O)C(NC(C)=O)C(=O)OC)c1.O=P(Cl)(Cl)Cl.[B].[H-].[Li+]. The first-order chi connectivity index (χ1) is 55.7. The molecule has 0 bridgehead atoms. The maximum atomic E-state index is 12.3. The molecule has 0 saturated heterocycles. The predicted molar refractivity (Wildman–Crippen MR) is 447 cm³/mol. The number of carbonyl (C=O) groups is 8. The van der Waals surface area contributed by atoms with Crippen molar-refractivity contribution in [1.82, 2.24) is 25.3 Å². The van der Waals surface area contributed by atoms with Gasteiger partial charge in [0.2, 0.25) is 11.1 Å². The topological polar surface area (TPSA) is 408 Å². The summed E-state index contributed by atoms with van der Waals surface area (Å²) in [4.78, 5) is 107. The second-order valence-electron chi connectivity index (χ2n) is 23.8. The zero-order chi connectivity index (χ0) is 87.3. The first kappa shape index (κ1) is 108. The summed E-state index contributed by atoms with van der Waals surface area (Å²) in [5, 5.41) is 8.61. The number of halogens is 5. The van der Waals surface area contributed by atoms with Crippen LogP contribution in [0.3, 0.4) is 0 Å². The van der Waals surface area contributed by atoms with E-state index in [2.05, 4.69) is 107 Å². The monoisotopic (exact) mass is 1800 g/mol. The average molecular weight is 1810 g/mol. The molecule has 0 fully saturated rings. The van der Waals surface area contributed by atoms with Crippen molar-refractivity contribution in [2.45, 2.75) is 98.3 Å². The number of ether oxygens (including phenoxy) is 10. The smallest absolute Gasteiger partial charge is 1.00 e. The molecule has 3 radical (unpaired) electrons. The standard InChI is InChI=1S/C14H17NO5.C14H15NO4.C13H14BrNO2.C13H13NO4.C13H15NO3.C12H15NO4.C2H3ClO.B.Cl3OP.Li.H/c1-9(16)15-12(14(18)20-3)13(17)11-6-4-5-10(7-11)8-19-2;1-9-15-12(14(16)18-3)13(19-9)11-6-4-5-10(7-11)8-17-2;1-9-15-12(7-14)13(17-9)11-5-3-4-10(6-11)8-16-2;1-16-7-9-4-3-5-10(6-9)12-11(13(15)17-2)14-8-18-12;1-9-14-12(7-15)13(17-9)11-5-3-4-10(6-11)8-16-2;1-16-7-8-4-3-5-9(6-8)11(14)10(13)12(15)17-2;1-2(3)4;;1-5(2,3)4;;/h4-7,12H,8H2,1-3H3,(H,15,16);4-7H,8H2,1-3H3;3-6H,7-8H2,1-2H3;3-6,8H,7H2,1-2H3;3-6,15H,7-8H2,1-2H3;3-6,10H,7,13H2,1-2H3;1H3;;;;/q;;;;;;;;;+1;-1. The second kappa shape index (κ2) is 57.8. The van der Waals surface area contributed by atoms with E-state index in [1.165, 1.54) is 41.6 Å². The molecule has 2 atom stereocenters. The third kappa shape index (κ3) is 38.8. The summed E-state index contributed by atoms with van der Waals surface area (Å²) >= 11 is 21.9. The van der Waals surface area contributed by atoms with Crippen LogP contribution in [0.5, 0.6) is 0 Å². The van der Waals surface area contributed by atoms with Gasteiger partial charge in [0, 0.05) is 124 Å². The molecular weight excluding hydrogens is 1710 g/mol. The molecule has 0 aliphatic rings. The van der Waals surface area contributed by atoms with Crippen LogP contribution >= 0.6 is 66.5 Å². The molecule has 2 unspecified atom stereocenters. The molecule has 4 heterocycles. The summed E-state index contributed by atoms with van der Waals surface area (Å²) in [5.41, 5.74) is 17.3. The summed E-state index contributed by atoms with van der Waals surface area (Å²) in [5.74, 6) is -0.0984. The molecular formula is C81H93BBrCl4LiN6O24P. The maximum absolute atomic E-state index is 12.3. The molecule has 0 spiro atoms. The van der Waals surface area contributed by atoms with Crippen molar-refractivity contribution in [3.8, 4) is 45.3 Å². The zero-order valence-electron chi connectivity index (χ0n) is 69.4. The number of oxazole rings is 4. The number of nitrogens with one attached hydrogen (secondary N) is 1. The van der Waals surface area contributed by atoms with E-state index in [9.17, 15) is 48.0 Å². The molecule has 10 aromatic rings. The van der Waals surface area contributed by atoms with Crippen LogP contribution in [0.1, 0.15) is 119 Å². The van der Waals surface area contributed by atoms with E-state index >= 15 is 0 Å². The number of Topliss-reactive ketones (excluding diaryl/α,β-unsaturated/α-hetero) is 2. The van der Waals surface area contributed by atoms with E-state index in [-0.39, 0.29) is 51.9 Å². The van der Waals surface area contributed by atoms with Gasteiger partial charge in [-0.25, -0.2) is 39.1 Å². The molecule has 38 heteroatoms. The Morgan fingerprint density at radius 3 is 1.16 bits per heavy atom. The largest absolute Gasteiger partial charge is 1.00 e. The number of esters is 4. The van der Waals surface area contributed by atoms with Crippen LogP contribution < -0.4 is 29.9 Å². The van der Waals surface area contributed by atoms with Gasteiger partial charge in [0.15, 0.2) is 82.1 Å². The van der Waals surface area contributed by atoms with Gasteiger partial charge < -0.3 is 82.6 Å². The fourth-order valence-corrected chi connectivity index (χ4v) is 10.5. The van der Waals surface area contributed by atoms with Crippen molar-refractivity contribution in [1.29, 1.82) is 0 Å². The van der Waals surface area contributed by atoms with Crippen LogP contribution in [0.25, 0.3) is 45.3 Å². The molecule has 0 aliphatic heterocycles. The second-order valence-corrected chi connectivity index (χ2v) is 31.5. The number of rotatable bonds is 27. The Bertz CT molecular complexity index is 4790. The van der Waals surface area contributed by atoms with Crippen LogP contribution in [0.4, 0.5) is 0 Å². The Hall–Kier alpha value is -9.27. The molecule has 10 rings (SSSR count). The number of hydrogen-bond donors (Lipinski definition) is 3. The average Bonchev–Trinajstić information content (AvgIpc) is 1.64. The number of alkyl halides is 1. The van der Waals surface area contributed by atoms with Crippen LogP contribution in [0, 0.1) is 20.8 Å². The number of nitrogens with two attached hydrogens (primary N) is 1. The quantitative estimate of drug-likeness (QED) is 0.00629. The number of ketones is 2. The number of aliphatic hydroxyl groups is 1. The third-order valence-electron chi connectivity index (χ3n) is 14.8. The number of amides is 1. The Morgan fingerprint density at radius 1 is 0.487 bits per heavy atom. The summed E-state index contributed by atoms with van der Waals surface area (Å²) < 4.78 is 80.0. The molecule has 4 N–H and O–H groups in total. The van der Waals surface area contributed by atoms with Crippen LogP contribution in [0.2, 0.25) is 0 Å². The number of methoxy groups -OCH3 is 10. The Labute approximate surface area is 732 Å². The number of benzene rings is 6. The number of carbonyl (C=O) groups excluding carboxylic acids is 8. The molecule has 0 aliphatic carbocycles. The Balaban J connectivity index is 0.00000138. The number of nitrogens with zero attached hydrogens (tertiary/aromatic N) is 4. The first-order valence-corrected chi connectivity index (χ1v) is 40.4. The van der Waals surface area contributed by atoms with Crippen LogP contribution in [0.15, 0.2) is 170 Å². The first-order valence-electron chi connectivity index (χ1n) is 34.5. The fourth-order valence-electron chi connectivity index (χ4n) is 10.1. The molecule has 635 valence electrons. The normalized spacial score (nSPS) is 10.7. The number of aromatic nitrogens is 4. The van der Waals surface area contributed by atoms with E-state index in [1.54, 1.807) is 99.0 Å². The summed E-state index contributed by atoms with van der Waals surface area (Å²) in [6, 6.07) is 41.9. The summed E-state index contributed by atoms with van der Waals surface area (Å²) in [7, 11) is 14.7. The zero-order valence-corrected chi connectivity index (χ0v) is 73.9. The summed E-state index contributed by atoms with van der Waals surface area (Å²) in [6.07, 6.45) is 1.23.